The fourth-order valence-corrected chi connectivity index (χ4v) is 2.16. The van der Waals surface area contributed by atoms with E-state index < -0.39 is 5.97 Å². The highest BCUT2D eigenvalue weighted by Gasteiger charge is 2.16. The molecule has 0 saturated heterocycles. The fraction of sp³-hybridized carbons (Fsp3) is 0.231. The van der Waals surface area contributed by atoms with E-state index in [1.54, 1.807) is 16.8 Å². The number of hydrogen-bond acceptors (Lipinski definition) is 5. The van der Waals surface area contributed by atoms with E-state index in [4.69, 9.17) is 9.63 Å². The Bertz CT molecular complexity index is 784. The molecule has 102 valence electrons. The topological polar surface area (TPSA) is 94.0 Å². The Hall–Kier alpha value is -2.70. The van der Waals surface area contributed by atoms with Crippen molar-refractivity contribution in [1.29, 1.82) is 0 Å². The highest BCUT2D eigenvalue weighted by Crippen LogP contribution is 2.19. The van der Waals surface area contributed by atoms with Crippen LogP contribution in [0.15, 0.2) is 22.7 Å². The molecule has 0 saturated carbocycles. The average molecular weight is 272 g/mol. The Balaban J connectivity index is 2.10. The first kappa shape index (κ1) is 12.3. The molecule has 0 aliphatic rings. The van der Waals surface area contributed by atoms with Gasteiger partial charge in [0.25, 0.3) is 0 Å². The Kier molecular flexibility index (Phi) is 2.74. The van der Waals surface area contributed by atoms with Gasteiger partial charge in [-0.1, -0.05) is 16.4 Å². The quantitative estimate of drug-likeness (QED) is 0.781. The average Bonchev–Trinajstić information content (AvgIpc) is 2.97. The van der Waals surface area contributed by atoms with Crippen molar-refractivity contribution in [3.63, 3.8) is 0 Å². The van der Waals surface area contributed by atoms with E-state index in [-0.39, 0.29) is 5.56 Å². The minimum Gasteiger partial charge on any atom is -0.478 e. The van der Waals surface area contributed by atoms with Gasteiger partial charge in [-0.25, -0.2) is 9.48 Å². The van der Waals surface area contributed by atoms with Crippen LogP contribution in [0.5, 0.6) is 0 Å². The normalized spacial score (nSPS) is 11.1. The summed E-state index contributed by atoms with van der Waals surface area (Å²) in [7, 11) is 0. The number of hydrogen-bond donors (Lipinski definition) is 1. The molecule has 0 aliphatic heterocycles. The zero-order valence-corrected chi connectivity index (χ0v) is 11.0. The first-order valence-corrected chi connectivity index (χ1v) is 6.05. The van der Waals surface area contributed by atoms with Crippen molar-refractivity contribution in [1.82, 2.24) is 20.2 Å². The predicted octanol–water partition coefficient (Wildman–Crippen LogP) is 1.78. The van der Waals surface area contributed by atoms with Gasteiger partial charge in [0.2, 0.25) is 0 Å². The van der Waals surface area contributed by atoms with Gasteiger partial charge in [-0.2, -0.15) is 0 Å². The molecule has 2 heterocycles. The van der Waals surface area contributed by atoms with Crippen LogP contribution in [0.2, 0.25) is 0 Å². The second-order valence-corrected chi connectivity index (χ2v) is 4.53. The van der Waals surface area contributed by atoms with Crippen LogP contribution in [-0.4, -0.2) is 31.2 Å². The van der Waals surface area contributed by atoms with Gasteiger partial charge in [0.05, 0.1) is 23.3 Å². The number of benzene rings is 1. The minimum absolute atomic E-state index is 0.146. The predicted molar refractivity (Wildman–Crippen MR) is 69.6 cm³/mol. The second kappa shape index (κ2) is 4.44. The lowest BCUT2D eigenvalue weighted by molar-refractivity contribution is 0.0699. The monoisotopic (exact) mass is 272 g/mol. The molecule has 0 unspecified atom stereocenters. The number of fused-ring (bicyclic) bond motifs is 1. The van der Waals surface area contributed by atoms with E-state index in [1.165, 1.54) is 6.07 Å². The first-order chi connectivity index (χ1) is 9.58. The van der Waals surface area contributed by atoms with Gasteiger partial charge in [0.1, 0.15) is 11.3 Å². The SMILES string of the molecule is Cc1noc(C)c1Cn1nnc2c(C(=O)O)cccc21. The van der Waals surface area contributed by atoms with Gasteiger partial charge in [0, 0.05) is 5.56 Å². The molecule has 7 nitrogen and oxygen atoms in total. The molecule has 1 N–H and O–H groups in total. The summed E-state index contributed by atoms with van der Waals surface area (Å²) in [6, 6.07) is 4.98. The number of carbonyl (C=O) groups is 1. The van der Waals surface area contributed by atoms with Crippen LogP contribution in [0.4, 0.5) is 0 Å². The minimum atomic E-state index is -1.01. The second-order valence-electron chi connectivity index (χ2n) is 4.53. The molecule has 0 spiro atoms. The molecule has 2 aromatic heterocycles. The molecule has 3 rings (SSSR count). The zero-order valence-electron chi connectivity index (χ0n) is 11.0. The summed E-state index contributed by atoms with van der Waals surface area (Å²) in [5, 5.41) is 21.0. The number of aromatic carboxylic acids is 1. The third kappa shape index (κ3) is 1.83. The van der Waals surface area contributed by atoms with Gasteiger partial charge in [-0.05, 0) is 26.0 Å². The van der Waals surface area contributed by atoms with E-state index in [0.717, 1.165) is 17.0 Å². The van der Waals surface area contributed by atoms with E-state index >= 15 is 0 Å². The Morgan fingerprint density at radius 3 is 2.85 bits per heavy atom. The van der Waals surface area contributed by atoms with Crippen LogP contribution in [-0.2, 0) is 6.54 Å². The number of carboxylic acids is 1. The molecule has 0 aliphatic carbocycles. The van der Waals surface area contributed by atoms with Crippen molar-refractivity contribution in [3.05, 3.63) is 40.8 Å². The number of nitrogens with zero attached hydrogens (tertiary/aromatic N) is 4. The Labute approximate surface area is 113 Å². The number of aryl methyl sites for hydroxylation is 2. The Morgan fingerprint density at radius 2 is 2.20 bits per heavy atom. The third-order valence-corrected chi connectivity index (χ3v) is 3.26. The van der Waals surface area contributed by atoms with Gasteiger partial charge in [-0.15, -0.1) is 5.10 Å². The smallest absolute Gasteiger partial charge is 0.338 e. The first-order valence-electron chi connectivity index (χ1n) is 6.05. The molecule has 7 heteroatoms. The summed E-state index contributed by atoms with van der Waals surface area (Å²) in [6.45, 7) is 4.13. The molecule has 0 fully saturated rings. The van der Waals surface area contributed by atoms with Crippen molar-refractivity contribution in [2.75, 3.05) is 0 Å². The van der Waals surface area contributed by atoms with Gasteiger partial charge >= 0.3 is 5.97 Å². The van der Waals surface area contributed by atoms with E-state index in [1.807, 2.05) is 13.8 Å². The highest BCUT2D eigenvalue weighted by atomic mass is 16.5. The number of carboxylic acid groups (broad SMARTS) is 1. The fourth-order valence-electron chi connectivity index (χ4n) is 2.16. The highest BCUT2D eigenvalue weighted by molar-refractivity contribution is 6.00. The molecule has 0 bridgehead atoms. The van der Waals surface area contributed by atoms with Crippen LogP contribution in [0.25, 0.3) is 11.0 Å². The maximum Gasteiger partial charge on any atom is 0.338 e. The maximum absolute atomic E-state index is 11.1. The maximum atomic E-state index is 11.1. The van der Waals surface area contributed by atoms with Crippen molar-refractivity contribution in [2.24, 2.45) is 0 Å². The van der Waals surface area contributed by atoms with E-state index in [9.17, 15) is 4.79 Å². The van der Waals surface area contributed by atoms with Crippen molar-refractivity contribution in [2.45, 2.75) is 20.4 Å². The lowest BCUT2D eigenvalue weighted by Gasteiger charge is -2.02. The van der Waals surface area contributed by atoms with Gasteiger partial charge in [0.15, 0.2) is 0 Å². The summed E-state index contributed by atoms with van der Waals surface area (Å²) >= 11 is 0. The van der Waals surface area contributed by atoms with Gasteiger partial charge in [-0.3, -0.25) is 0 Å². The van der Waals surface area contributed by atoms with Gasteiger partial charge < -0.3 is 9.63 Å². The molecule has 3 aromatic rings. The summed E-state index contributed by atoms with van der Waals surface area (Å²) < 4.78 is 6.76. The van der Waals surface area contributed by atoms with Crippen molar-refractivity contribution in [3.8, 4) is 0 Å². The summed E-state index contributed by atoms with van der Waals surface area (Å²) in [6.07, 6.45) is 0. The van der Waals surface area contributed by atoms with Crippen molar-refractivity contribution < 1.29 is 14.4 Å². The van der Waals surface area contributed by atoms with Crippen LogP contribution in [0, 0.1) is 13.8 Å². The van der Waals surface area contributed by atoms with Crippen LogP contribution in [0.1, 0.15) is 27.4 Å². The largest absolute Gasteiger partial charge is 0.478 e. The van der Waals surface area contributed by atoms with Crippen molar-refractivity contribution >= 4 is 17.0 Å². The molecular formula is C13H12N4O3. The van der Waals surface area contributed by atoms with E-state index in [0.29, 0.717) is 17.6 Å². The van der Waals surface area contributed by atoms with Crippen LogP contribution in [0.3, 0.4) is 0 Å². The zero-order chi connectivity index (χ0) is 14.3. The summed E-state index contributed by atoms with van der Waals surface area (Å²) in [4.78, 5) is 11.1. The molecular weight excluding hydrogens is 260 g/mol. The summed E-state index contributed by atoms with van der Waals surface area (Å²) in [5.41, 5.74) is 2.92. The standard InChI is InChI=1S/C13H12N4O3/c1-7-10(8(2)20-15-7)6-17-11-5-3-4-9(13(18)19)12(11)14-16-17/h3-5H,6H2,1-2H3,(H,18,19). The Morgan fingerprint density at radius 1 is 1.40 bits per heavy atom. The third-order valence-electron chi connectivity index (χ3n) is 3.26. The van der Waals surface area contributed by atoms with Crippen LogP contribution >= 0.6 is 0 Å². The molecule has 0 amide bonds. The summed E-state index contributed by atoms with van der Waals surface area (Å²) in [5.74, 6) is -0.291. The number of rotatable bonds is 3. The van der Waals surface area contributed by atoms with E-state index in [2.05, 4.69) is 15.5 Å². The van der Waals surface area contributed by atoms with Crippen LogP contribution < -0.4 is 0 Å². The lowest BCUT2D eigenvalue weighted by Crippen LogP contribution is -2.04. The molecule has 20 heavy (non-hydrogen) atoms. The molecule has 0 atom stereocenters. The molecule has 1 aromatic carbocycles. The lowest BCUT2D eigenvalue weighted by atomic mass is 10.1. The molecule has 0 radical (unpaired) electrons. The number of aromatic nitrogens is 4.